The third-order valence-corrected chi connectivity index (χ3v) is 3.57. The van der Waals surface area contributed by atoms with Crippen molar-refractivity contribution in [2.75, 3.05) is 0 Å². The Kier molecular flexibility index (Phi) is 3.93. The van der Waals surface area contributed by atoms with Crippen LogP contribution in [0.15, 0.2) is 53.6 Å². The minimum Gasteiger partial charge on any atom is -0.426 e. The molecule has 0 bridgehead atoms. The lowest BCUT2D eigenvalue weighted by atomic mass is 10.1. The van der Waals surface area contributed by atoms with Crippen LogP contribution in [0, 0.1) is 6.92 Å². The van der Waals surface area contributed by atoms with Crippen molar-refractivity contribution in [2.24, 2.45) is 0 Å². The third-order valence-electron chi connectivity index (χ3n) is 3.57. The Bertz CT molecular complexity index is 930. The molecule has 0 fully saturated rings. The molecule has 0 amide bonds. The van der Waals surface area contributed by atoms with Gasteiger partial charge < -0.3 is 4.74 Å². The second-order valence-corrected chi connectivity index (χ2v) is 5.39. The number of ether oxygens (including phenoxy) is 1. The number of nitrogens with zero attached hydrogens (tertiary/aromatic N) is 2. The first-order valence-electron chi connectivity index (χ1n) is 7.27. The summed E-state index contributed by atoms with van der Waals surface area (Å²) in [4.78, 5) is 28.2. The maximum atomic E-state index is 12.7. The van der Waals surface area contributed by atoms with Crippen LogP contribution in [0.3, 0.4) is 0 Å². The van der Waals surface area contributed by atoms with E-state index in [1.54, 1.807) is 23.0 Å². The minimum atomic E-state index is -0.416. The molecule has 5 nitrogen and oxygen atoms in total. The van der Waals surface area contributed by atoms with Crippen LogP contribution in [0.5, 0.6) is 5.75 Å². The van der Waals surface area contributed by atoms with Crippen LogP contribution in [-0.2, 0) is 11.3 Å². The summed E-state index contributed by atoms with van der Waals surface area (Å²) in [7, 11) is 0. The van der Waals surface area contributed by atoms with Gasteiger partial charge in [0.25, 0.3) is 5.56 Å². The Balaban J connectivity index is 2.08. The first kappa shape index (κ1) is 15.0. The Hall–Kier alpha value is -2.95. The Morgan fingerprint density at radius 1 is 1.22 bits per heavy atom. The van der Waals surface area contributed by atoms with Gasteiger partial charge in [-0.15, -0.1) is 0 Å². The molecule has 2 aromatic carbocycles. The van der Waals surface area contributed by atoms with Crippen molar-refractivity contribution in [1.29, 1.82) is 0 Å². The highest BCUT2D eigenvalue weighted by molar-refractivity contribution is 5.81. The molecule has 0 radical (unpaired) electrons. The molecule has 0 spiro atoms. The van der Waals surface area contributed by atoms with Gasteiger partial charge in [-0.1, -0.05) is 30.3 Å². The smallest absolute Gasteiger partial charge is 0.308 e. The zero-order valence-electron chi connectivity index (χ0n) is 12.9. The summed E-state index contributed by atoms with van der Waals surface area (Å²) in [6.07, 6.45) is 1.54. The van der Waals surface area contributed by atoms with E-state index in [9.17, 15) is 9.59 Å². The quantitative estimate of drug-likeness (QED) is 0.551. The van der Waals surface area contributed by atoms with Gasteiger partial charge in [0.05, 0.1) is 23.8 Å². The summed E-state index contributed by atoms with van der Waals surface area (Å²) >= 11 is 0. The lowest BCUT2D eigenvalue weighted by Gasteiger charge is -2.10. The van der Waals surface area contributed by atoms with E-state index in [0.717, 1.165) is 11.1 Å². The molecule has 3 rings (SSSR count). The van der Waals surface area contributed by atoms with E-state index in [4.69, 9.17) is 4.74 Å². The summed E-state index contributed by atoms with van der Waals surface area (Å²) in [5.74, 6) is -0.0256. The fourth-order valence-corrected chi connectivity index (χ4v) is 2.45. The standard InChI is InChI=1S/C18H16N2O3/c1-12-8-16-15(9-17(12)23-13(2)21)18(22)20(11-19-16)10-14-6-4-3-5-7-14/h3-9,11H,10H2,1-2H3. The molecular formula is C18H16N2O3. The summed E-state index contributed by atoms with van der Waals surface area (Å²) in [6.45, 7) is 3.59. The average molecular weight is 308 g/mol. The van der Waals surface area contributed by atoms with Crippen molar-refractivity contribution in [3.63, 3.8) is 0 Å². The van der Waals surface area contributed by atoms with Crippen LogP contribution >= 0.6 is 0 Å². The Labute approximate surface area is 133 Å². The van der Waals surface area contributed by atoms with E-state index in [2.05, 4.69) is 4.98 Å². The number of rotatable bonds is 3. The molecule has 0 saturated heterocycles. The molecule has 0 aliphatic rings. The van der Waals surface area contributed by atoms with Crippen LogP contribution < -0.4 is 10.3 Å². The van der Waals surface area contributed by atoms with E-state index in [0.29, 0.717) is 23.2 Å². The number of esters is 1. The van der Waals surface area contributed by atoms with Crippen molar-refractivity contribution in [1.82, 2.24) is 9.55 Å². The molecule has 0 N–H and O–H groups in total. The van der Waals surface area contributed by atoms with Gasteiger partial charge in [0.1, 0.15) is 5.75 Å². The van der Waals surface area contributed by atoms with Crippen LogP contribution in [0.4, 0.5) is 0 Å². The van der Waals surface area contributed by atoms with Crippen molar-refractivity contribution in [2.45, 2.75) is 20.4 Å². The van der Waals surface area contributed by atoms with Gasteiger partial charge in [-0.25, -0.2) is 4.98 Å². The van der Waals surface area contributed by atoms with Gasteiger partial charge in [0.15, 0.2) is 0 Å². The van der Waals surface area contributed by atoms with Crippen molar-refractivity contribution < 1.29 is 9.53 Å². The number of aryl methyl sites for hydroxylation is 1. The van der Waals surface area contributed by atoms with Crippen molar-refractivity contribution in [3.05, 3.63) is 70.3 Å². The molecule has 0 aliphatic heterocycles. The van der Waals surface area contributed by atoms with Crippen LogP contribution in [0.25, 0.3) is 10.9 Å². The SMILES string of the molecule is CC(=O)Oc1cc2c(=O)n(Cc3ccccc3)cnc2cc1C. The molecule has 5 heteroatoms. The highest BCUT2D eigenvalue weighted by Crippen LogP contribution is 2.22. The molecule has 0 atom stereocenters. The predicted octanol–water partition coefficient (Wildman–Crippen LogP) is 2.68. The number of hydrogen-bond acceptors (Lipinski definition) is 4. The first-order chi connectivity index (χ1) is 11.0. The topological polar surface area (TPSA) is 61.2 Å². The fourth-order valence-electron chi connectivity index (χ4n) is 2.45. The van der Waals surface area contributed by atoms with E-state index < -0.39 is 5.97 Å². The molecule has 23 heavy (non-hydrogen) atoms. The highest BCUT2D eigenvalue weighted by Gasteiger charge is 2.10. The lowest BCUT2D eigenvalue weighted by Crippen LogP contribution is -2.21. The van der Waals surface area contributed by atoms with Gasteiger partial charge >= 0.3 is 5.97 Å². The third kappa shape index (κ3) is 3.13. The Morgan fingerprint density at radius 3 is 2.65 bits per heavy atom. The largest absolute Gasteiger partial charge is 0.426 e. The predicted molar refractivity (Wildman–Crippen MR) is 87.6 cm³/mol. The van der Waals surface area contributed by atoms with Crippen LogP contribution in [0.2, 0.25) is 0 Å². The number of fused-ring (bicyclic) bond motifs is 1. The van der Waals surface area contributed by atoms with E-state index in [1.807, 2.05) is 37.3 Å². The van der Waals surface area contributed by atoms with Crippen molar-refractivity contribution >= 4 is 16.9 Å². The normalized spacial score (nSPS) is 10.7. The Morgan fingerprint density at radius 2 is 1.96 bits per heavy atom. The highest BCUT2D eigenvalue weighted by atomic mass is 16.5. The first-order valence-corrected chi connectivity index (χ1v) is 7.27. The zero-order chi connectivity index (χ0) is 16.4. The number of benzene rings is 2. The van der Waals surface area contributed by atoms with Crippen LogP contribution in [-0.4, -0.2) is 15.5 Å². The summed E-state index contributed by atoms with van der Waals surface area (Å²) < 4.78 is 6.70. The molecule has 0 aliphatic carbocycles. The monoisotopic (exact) mass is 308 g/mol. The molecular weight excluding hydrogens is 292 g/mol. The van der Waals surface area contributed by atoms with E-state index in [-0.39, 0.29) is 5.56 Å². The van der Waals surface area contributed by atoms with Gasteiger partial charge in [-0.05, 0) is 30.2 Å². The van der Waals surface area contributed by atoms with Gasteiger partial charge in [-0.3, -0.25) is 14.2 Å². The zero-order valence-corrected chi connectivity index (χ0v) is 12.9. The van der Waals surface area contributed by atoms with Gasteiger partial charge in [0.2, 0.25) is 0 Å². The number of carbonyl (C=O) groups is 1. The van der Waals surface area contributed by atoms with Gasteiger partial charge in [-0.2, -0.15) is 0 Å². The lowest BCUT2D eigenvalue weighted by molar-refractivity contribution is -0.131. The second kappa shape index (κ2) is 6.04. The molecule has 1 heterocycles. The summed E-state index contributed by atoms with van der Waals surface area (Å²) in [5.41, 5.74) is 2.21. The number of carbonyl (C=O) groups excluding carboxylic acids is 1. The van der Waals surface area contributed by atoms with E-state index in [1.165, 1.54) is 6.92 Å². The maximum Gasteiger partial charge on any atom is 0.308 e. The molecule has 0 saturated carbocycles. The minimum absolute atomic E-state index is 0.160. The average Bonchev–Trinajstić information content (AvgIpc) is 2.52. The molecule has 3 aromatic rings. The summed E-state index contributed by atoms with van der Waals surface area (Å²) in [6, 6.07) is 13.0. The van der Waals surface area contributed by atoms with Crippen molar-refractivity contribution in [3.8, 4) is 5.75 Å². The van der Waals surface area contributed by atoms with Gasteiger partial charge in [0, 0.05) is 6.92 Å². The van der Waals surface area contributed by atoms with Crippen LogP contribution in [0.1, 0.15) is 18.1 Å². The molecule has 1 aromatic heterocycles. The summed E-state index contributed by atoms with van der Waals surface area (Å²) in [5, 5.41) is 0.435. The number of aromatic nitrogens is 2. The molecule has 0 unspecified atom stereocenters. The van der Waals surface area contributed by atoms with E-state index >= 15 is 0 Å². The number of hydrogen-bond donors (Lipinski definition) is 0. The second-order valence-electron chi connectivity index (χ2n) is 5.39. The molecule has 116 valence electrons. The fraction of sp³-hybridized carbons (Fsp3) is 0.167. The maximum absolute atomic E-state index is 12.7.